The zero-order valence-corrected chi connectivity index (χ0v) is 15.8. The van der Waals surface area contributed by atoms with E-state index in [2.05, 4.69) is 20.5 Å². The molecule has 2 aromatic carbocycles. The quantitative estimate of drug-likeness (QED) is 0.439. The fraction of sp³-hybridized carbons (Fsp3) is 0.167. The van der Waals surface area contributed by atoms with Gasteiger partial charge in [-0.05, 0) is 18.2 Å². The topological polar surface area (TPSA) is 49.1 Å². The first kappa shape index (κ1) is 18.8. The van der Waals surface area contributed by atoms with Crippen LogP contribution in [0.2, 0.25) is 5.02 Å². The van der Waals surface area contributed by atoms with Gasteiger partial charge >= 0.3 is 0 Å². The van der Waals surface area contributed by atoms with E-state index < -0.39 is 5.82 Å². The maximum atomic E-state index is 13.8. The Bertz CT molecular complexity index is 903. The molecule has 0 radical (unpaired) electrons. The fourth-order valence-corrected chi connectivity index (χ4v) is 3.03. The number of hydrazone groups is 1. The van der Waals surface area contributed by atoms with Crippen LogP contribution in [0.25, 0.3) is 0 Å². The Balaban J connectivity index is 2.05. The molecule has 8 heteroatoms. The largest absolute Gasteiger partial charge is 0.276 e. The Labute approximate surface area is 165 Å². The molecule has 0 fully saturated rings. The lowest BCUT2D eigenvalue weighted by atomic mass is 10.0. The van der Waals surface area contributed by atoms with Gasteiger partial charge in [-0.25, -0.2) is 9.38 Å². The average Bonchev–Trinajstić information content (AvgIpc) is 2.82. The molecule has 1 N–H and O–H groups in total. The highest BCUT2D eigenvalue weighted by Gasteiger charge is 2.18. The molecule has 0 bridgehead atoms. The van der Waals surface area contributed by atoms with Crippen molar-refractivity contribution in [2.24, 2.45) is 15.1 Å². The van der Waals surface area contributed by atoms with Gasteiger partial charge < -0.3 is 0 Å². The van der Waals surface area contributed by atoms with Crippen molar-refractivity contribution >= 4 is 57.7 Å². The number of nitrogens with zero attached hydrogens (tertiary/aromatic N) is 3. The van der Waals surface area contributed by atoms with Crippen LogP contribution >= 0.6 is 34.8 Å². The number of rotatable bonds is 4. The number of amidine groups is 1. The van der Waals surface area contributed by atoms with Crippen LogP contribution in [0.15, 0.2) is 57.6 Å². The molecule has 0 saturated heterocycles. The van der Waals surface area contributed by atoms with E-state index in [1.165, 1.54) is 12.1 Å². The van der Waals surface area contributed by atoms with E-state index in [1.54, 1.807) is 12.1 Å². The smallest absolute Gasteiger partial charge is 0.144 e. The lowest BCUT2D eigenvalue weighted by Gasteiger charge is -2.09. The minimum Gasteiger partial charge on any atom is -0.276 e. The first-order valence-corrected chi connectivity index (χ1v) is 9.17. The van der Waals surface area contributed by atoms with Crippen molar-refractivity contribution in [3.63, 3.8) is 0 Å². The van der Waals surface area contributed by atoms with Gasteiger partial charge in [0.15, 0.2) is 0 Å². The van der Waals surface area contributed by atoms with Crippen LogP contribution in [0.3, 0.4) is 0 Å². The molecule has 26 heavy (non-hydrogen) atoms. The average molecular weight is 412 g/mol. The van der Waals surface area contributed by atoms with Gasteiger partial charge in [0.05, 0.1) is 35.4 Å². The number of alkyl halides is 2. The Morgan fingerprint density at radius 1 is 1.12 bits per heavy atom. The zero-order valence-electron chi connectivity index (χ0n) is 13.5. The summed E-state index contributed by atoms with van der Waals surface area (Å²) in [4.78, 5) is 9.08. The Morgan fingerprint density at radius 2 is 1.88 bits per heavy atom. The zero-order chi connectivity index (χ0) is 18.5. The first-order chi connectivity index (χ1) is 12.6. The van der Waals surface area contributed by atoms with Gasteiger partial charge in [0.25, 0.3) is 0 Å². The molecule has 1 heterocycles. The van der Waals surface area contributed by atoms with Gasteiger partial charge in [-0.3, -0.25) is 10.4 Å². The maximum Gasteiger partial charge on any atom is 0.144 e. The molecule has 0 amide bonds. The number of nitrogens with one attached hydrogen (secondary N) is 1. The molecule has 0 saturated carbocycles. The second-order valence-corrected chi connectivity index (χ2v) is 6.36. The molecule has 1 aliphatic heterocycles. The molecule has 0 unspecified atom stereocenters. The molecule has 0 spiro atoms. The predicted molar refractivity (Wildman–Crippen MR) is 107 cm³/mol. The van der Waals surface area contributed by atoms with Gasteiger partial charge in [-0.1, -0.05) is 29.8 Å². The van der Waals surface area contributed by atoms with Crippen molar-refractivity contribution in [2.45, 2.75) is 0 Å². The molecule has 0 aliphatic carbocycles. The van der Waals surface area contributed by atoms with E-state index in [1.807, 2.05) is 18.2 Å². The summed E-state index contributed by atoms with van der Waals surface area (Å²) < 4.78 is 13.8. The number of hydrogen-bond acceptors (Lipinski definition) is 4. The highest BCUT2D eigenvalue weighted by molar-refractivity contribution is 6.37. The van der Waals surface area contributed by atoms with Crippen molar-refractivity contribution in [1.82, 2.24) is 5.43 Å². The SMILES string of the molecule is Fc1ccc2c(c1)N=C(NN=C(CCl)CCl)CN=C2c1ccccc1Cl. The summed E-state index contributed by atoms with van der Waals surface area (Å²) in [6.45, 7) is 0.220. The van der Waals surface area contributed by atoms with Crippen LogP contribution in [0.4, 0.5) is 10.1 Å². The van der Waals surface area contributed by atoms with Crippen LogP contribution in [0, 0.1) is 5.82 Å². The van der Waals surface area contributed by atoms with Crippen molar-refractivity contribution in [1.29, 1.82) is 0 Å². The van der Waals surface area contributed by atoms with E-state index in [0.29, 0.717) is 33.5 Å². The fourth-order valence-electron chi connectivity index (χ4n) is 2.40. The van der Waals surface area contributed by atoms with E-state index in [9.17, 15) is 4.39 Å². The summed E-state index contributed by atoms with van der Waals surface area (Å²) in [7, 11) is 0. The minimum absolute atomic E-state index is 0.198. The molecular weight excluding hydrogens is 398 g/mol. The van der Waals surface area contributed by atoms with Crippen LogP contribution < -0.4 is 5.43 Å². The standard InChI is InChI=1S/C18H14Cl3FN4/c19-8-12(9-20)25-26-17-10-23-18(13-3-1-2-4-15(13)21)14-6-5-11(22)7-16(14)24-17/h1-7H,8-10H2,(H,24,26). The summed E-state index contributed by atoms with van der Waals surface area (Å²) >= 11 is 17.8. The third kappa shape index (κ3) is 4.23. The second kappa shape index (κ2) is 8.62. The molecule has 3 rings (SSSR count). The van der Waals surface area contributed by atoms with Crippen molar-refractivity contribution in [3.05, 3.63) is 64.4 Å². The van der Waals surface area contributed by atoms with Gasteiger partial charge in [0.2, 0.25) is 0 Å². The molecular formula is C18H14Cl3FN4. The molecule has 134 valence electrons. The van der Waals surface area contributed by atoms with Gasteiger partial charge in [-0.2, -0.15) is 5.10 Å². The summed E-state index contributed by atoms with van der Waals surface area (Å²) in [5.41, 5.74) is 5.91. The van der Waals surface area contributed by atoms with Crippen molar-refractivity contribution in [2.75, 3.05) is 18.3 Å². The number of fused-ring (bicyclic) bond motifs is 1. The van der Waals surface area contributed by atoms with Crippen LogP contribution in [0.5, 0.6) is 0 Å². The van der Waals surface area contributed by atoms with E-state index in [-0.39, 0.29) is 18.3 Å². The van der Waals surface area contributed by atoms with Gasteiger partial charge in [0, 0.05) is 22.2 Å². The van der Waals surface area contributed by atoms with Gasteiger partial charge in [0.1, 0.15) is 11.7 Å². The van der Waals surface area contributed by atoms with E-state index >= 15 is 0 Å². The molecule has 2 aromatic rings. The van der Waals surface area contributed by atoms with Crippen LogP contribution in [-0.4, -0.2) is 35.6 Å². The highest BCUT2D eigenvalue weighted by atomic mass is 35.5. The summed E-state index contributed by atoms with van der Waals surface area (Å²) in [5, 5.41) is 4.68. The Morgan fingerprint density at radius 3 is 2.62 bits per heavy atom. The van der Waals surface area contributed by atoms with E-state index in [0.717, 1.165) is 5.56 Å². The summed E-state index contributed by atoms with van der Waals surface area (Å²) in [5.74, 6) is 0.455. The van der Waals surface area contributed by atoms with Crippen molar-refractivity contribution < 1.29 is 4.39 Å². The first-order valence-electron chi connectivity index (χ1n) is 7.72. The predicted octanol–water partition coefficient (Wildman–Crippen LogP) is 4.78. The number of benzene rings is 2. The monoisotopic (exact) mass is 410 g/mol. The number of hydrogen-bond donors (Lipinski definition) is 1. The third-order valence-corrected chi connectivity index (χ3v) is 4.58. The summed E-state index contributed by atoms with van der Waals surface area (Å²) in [6.07, 6.45) is 0. The Kier molecular flexibility index (Phi) is 6.25. The van der Waals surface area contributed by atoms with Gasteiger partial charge in [-0.15, -0.1) is 23.2 Å². The normalized spacial score (nSPS) is 13.2. The molecule has 0 atom stereocenters. The molecule has 4 nitrogen and oxygen atoms in total. The minimum atomic E-state index is -0.391. The maximum absolute atomic E-state index is 13.8. The third-order valence-electron chi connectivity index (χ3n) is 3.64. The lowest BCUT2D eigenvalue weighted by molar-refractivity contribution is 0.628. The van der Waals surface area contributed by atoms with Crippen LogP contribution in [0.1, 0.15) is 11.1 Å². The highest BCUT2D eigenvalue weighted by Crippen LogP contribution is 2.28. The van der Waals surface area contributed by atoms with Crippen LogP contribution in [-0.2, 0) is 0 Å². The Hall–Kier alpha value is -1.95. The summed E-state index contributed by atoms with van der Waals surface area (Å²) in [6, 6.07) is 11.7. The second-order valence-electron chi connectivity index (χ2n) is 5.42. The lowest BCUT2D eigenvalue weighted by Crippen LogP contribution is -2.23. The van der Waals surface area contributed by atoms with E-state index in [4.69, 9.17) is 34.8 Å². The van der Waals surface area contributed by atoms with Crippen molar-refractivity contribution in [3.8, 4) is 0 Å². The number of aliphatic imine (C=N–C) groups is 2. The molecule has 1 aliphatic rings. The molecule has 0 aromatic heterocycles. The number of halogens is 4.